The molecule has 52 heavy (non-hydrogen) atoms. The number of halogens is 20. The van der Waals surface area contributed by atoms with Gasteiger partial charge in [0.25, 0.3) is 0 Å². The molecule has 0 heterocycles. The lowest BCUT2D eigenvalue weighted by molar-refractivity contribution is -0.119. The van der Waals surface area contributed by atoms with Crippen LogP contribution in [0.4, 0.5) is 87.8 Å². The van der Waals surface area contributed by atoms with Crippen LogP contribution >= 0.6 is 0 Å². The number of rotatable bonds is 5. The summed E-state index contributed by atoms with van der Waals surface area (Å²) in [6.07, 6.45) is -0.771. The summed E-state index contributed by atoms with van der Waals surface area (Å²) < 4.78 is 297. The Balaban J connectivity index is 2.31. The van der Waals surface area contributed by atoms with Gasteiger partial charge < -0.3 is 0 Å². The third kappa shape index (κ3) is 4.76. The fourth-order valence-corrected chi connectivity index (χ4v) is 5.56. The maximum atomic E-state index is 15.6. The van der Waals surface area contributed by atoms with E-state index in [0.717, 1.165) is 0 Å². The number of allylic oxidation sites excluding steroid dienone is 4. The van der Waals surface area contributed by atoms with E-state index in [1.165, 1.54) is 0 Å². The summed E-state index contributed by atoms with van der Waals surface area (Å²) in [5.41, 5.74) is -24.1. The maximum Gasteiger partial charge on any atom is 0.200 e. The number of carbonyl (C=O) groups excluding carboxylic acids is 1. The van der Waals surface area contributed by atoms with Gasteiger partial charge in [-0.1, -0.05) is 6.08 Å². The van der Waals surface area contributed by atoms with Gasteiger partial charge in [-0.3, -0.25) is 4.79 Å². The molecule has 0 bridgehead atoms. The standard InChI is InChI=1S/C31H4F20O/c1-3(52)31(10-17(38)25(46)30(51)26(47)18(10)39)2-4(6-11(32)19(40)27(48)20(41)12(6)33)5(7-13(34)21(42)28(49)22(43)14(7)35)9(31)8-15(36)23(44)29(50)24(45)16(8)37/h2H,1H3. The van der Waals surface area contributed by atoms with Gasteiger partial charge in [0.05, 0.1) is 22.3 Å². The summed E-state index contributed by atoms with van der Waals surface area (Å²) in [6, 6.07) is 0. The fraction of sp³-hybridized carbons (Fsp3) is 0.0645. The minimum Gasteiger partial charge on any atom is -0.298 e. The highest BCUT2D eigenvalue weighted by Gasteiger charge is 2.55. The second-order valence-corrected chi connectivity index (χ2v) is 10.5. The third-order valence-corrected chi connectivity index (χ3v) is 7.83. The summed E-state index contributed by atoms with van der Waals surface area (Å²) in [6.45, 7) is -0.113. The number of benzene rings is 4. The zero-order chi connectivity index (χ0) is 39.4. The van der Waals surface area contributed by atoms with Gasteiger partial charge in [-0.2, -0.15) is 0 Å². The smallest absolute Gasteiger partial charge is 0.200 e. The van der Waals surface area contributed by atoms with Crippen LogP contribution in [-0.4, -0.2) is 5.78 Å². The highest BCUT2D eigenvalue weighted by molar-refractivity contribution is 6.27. The van der Waals surface area contributed by atoms with Crippen molar-refractivity contribution in [2.75, 3.05) is 0 Å². The van der Waals surface area contributed by atoms with E-state index in [2.05, 4.69) is 0 Å². The lowest BCUT2D eigenvalue weighted by atomic mass is 9.69. The van der Waals surface area contributed by atoms with Crippen LogP contribution in [0.3, 0.4) is 0 Å². The lowest BCUT2D eigenvalue weighted by Gasteiger charge is -2.31. The van der Waals surface area contributed by atoms with Crippen molar-refractivity contribution in [3.05, 3.63) is 145 Å². The summed E-state index contributed by atoms with van der Waals surface area (Å²) in [5, 5.41) is 0. The Bertz CT molecular complexity index is 2280. The first kappa shape index (κ1) is 37.9. The van der Waals surface area contributed by atoms with Crippen LogP contribution in [0.15, 0.2) is 6.08 Å². The Morgan fingerprint density at radius 2 is 0.615 bits per heavy atom. The van der Waals surface area contributed by atoms with Crippen molar-refractivity contribution < 1.29 is 92.6 Å². The molecule has 0 amide bonds. The maximum absolute atomic E-state index is 15.6. The first-order valence-electron chi connectivity index (χ1n) is 13.1. The molecule has 4 aromatic carbocycles. The van der Waals surface area contributed by atoms with Crippen LogP contribution < -0.4 is 0 Å². The molecule has 4 aromatic rings. The molecular formula is C31H4F20O. The lowest BCUT2D eigenvalue weighted by Crippen LogP contribution is -2.36. The van der Waals surface area contributed by atoms with Gasteiger partial charge in [0.2, 0.25) is 23.3 Å². The average molecular weight is 772 g/mol. The Labute approximate surface area is 272 Å². The molecule has 0 spiro atoms. The van der Waals surface area contributed by atoms with Crippen LogP contribution in [0.2, 0.25) is 0 Å². The van der Waals surface area contributed by atoms with Gasteiger partial charge in [0.15, 0.2) is 93.1 Å². The number of ketones is 1. The van der Waals surface area contributed by atoms with Crippen LogP contribution in [0.1, 0.15) is 29.2 Å². The molecule has 21 heteroatoms. The van der Waals surface area contributed by atoms with E-state index in [1.807, 2.05) is 0 Å². The van der Waals surface area contributed by atoms with E-state index in [4.69, 9.17) is 0 Å². The van der Waals surface area contributed by atoms with Crippen LogP contribution in [0.25, 0.3) is 16.7 Å². The fourth-order valence-electron chi connectivity index (χ4n) is 5.56. The molecule has 5 rings (SSSR count). The molecule has 0 N–H and O–H groups in total. The van der Waals surface area contributed by atoms with Gasteiger partial charge in [0.1, 0.15) is 11.2 Å². The molecule has 0 aromatic heterocycles. The van der Waals surface area contributed by atoms with E-state index in [9.17, 15) is 57.5 Å². The summed E-state index contributed by atoms with van der Waals surface area (Å²) >= 11 is 0. The molecule has 0 aliphatic heterocycles. The second kappa shape index (κ2) is 12.4. The zero-order valence-corrected chi connectivity index (χ0v) is 24.0. The topological polar surface area (TPSA) is 17.1 Å². The van der Waals surface area contributed by atoms with Crippen molar-refractivity contribution in [1.29, 1.82) is 0 Å². The van der Waals surface area contributed by atoms with Crippen molar-refractivity contribution in [2.45, 2.75) is 12.3 Å². The van der Waals surface area contributed by atoms with Crippen LogP contribution in [-0.2, 0) is 10.2 Å². The monoisotopic (exact) mass is 772 g/mol. The molecule has 1 unspecified atom stereocenters. The quantitative estimate of drug-likeness (QED) is 0.112. The van der Waals surface area contributed by atoms with Crippen molar-refractivity contribution in [3.63, 3.8) is 0 Å². The summed E-state index contributed by atoms with van der Waals surface area (Å²) in [4.78, 5) is 13.4. The van der Waals surface area contributed by atoms with Crippen molar-refractivity contribution >= 4 is 22.5 Å². The largest absolute Gasteiger partial charge is 0.298 e. The van der Waals surface area contributed by atoms with Crippen molar-refractivity contribution in [1.82, 2.24) is 0 Å². The van der Waals surface area contributed by atoms with Gasteiger partial charge >= 0.3 is 0 Å². The van der Waals surface area contributed by atoms with E-state index in [-0.39, 0.29) is 6.92 Å². The van der Waals surface area contributed by atoms with Gasteiger partial charge in [-0.15, -0.1) is 0 Å². The Hall–Kier alpha value is -5.37. The van der Waals surface area contributed by atoms with Crippen molar-refractivity contribution in [2.24, 2.45) is 0 Å². The minimum atomic E-state index is -4.69. The van der Waals surface area contributed by atoms with Gasteiger partial charge in [0, 0.05) is 5.57 Å². The number of Topliss-reactive ketones (excluding diaryl/α,β-unsaturated/α-hetero) is 1. The minimum absolute atomic E-state index is 0.113. The predicted octanol–water partition coefficient (Wildman–Crippen LogP) is 10.0. The van der Waals surface area contributed by atoms with Gasteiger partial charge in [-0.25, -0.2) is 87.8 Å². The third-order valence-electron chi connectivity index (χ3n) is 7.83. The Morgan fingerprint density at radius 1 is 0.365 bits per heavy atom. The van der Waals surface area contributed by atoms with Crippen LogP contribution in [0.5, 0.6) is 0 Å². The second-order valence-electron chi connectivity index (χ2n) is 10.5. The predicted molar refractivity (Wildman–Crippen MR) is 132 cm³/mol. The molecule has 274 valence electrons. The zero-order valence-electron chi connectivity index (χ0n) is 24.0. The molecule has 1 aliphatic rings. The molecule has 1 atom stereocenters. The summed E-state index contributed by atoms with van der Waals surface area (Å²) in [5.74, 6) is -66.5. The molecule has 1 aliphatic carbocycles. The van der Waals surface area contributed by atoms with E-state index >= 15 is 35.1 Å². The summed E-state index contributed by atoms with van der Waals surface area (Å²) in [7, 11) is 0. The van der Waals surface area contributed by atoms with Crippen LogP contribution in [0, 0.1) is 116 Å². The van der Waals surface area contributed by atoms with E-state index in [0.29, 0.717) is 0 Å². The number of hydrogen-bond acceptors (Lipinski definition) is 1. The van der Waals surface area contributed by atoms with Gasteiger partial charge in [-0.05, 0) is 18.1 Å². The number of carbonyl (C=O) groups is 1. The first-order valence-corrected chi connectivity index (χ1v) is 13.1. The molecule has 0 saturated carbocycles. The molecule has 0 saturated heterocycles. The highest BCUT2D eigenvalue weighted by atomic mass is 19.2. The Morgan fingerprint density at radius 3 is 0.923 bits per heavy atom. The molecular weight excluding hydrogens is 768 g/mol. The first-order chi connectivity index (χ1) is 24.0. The number of hydrogen-bond donors (Lipinski definition) is 0. The molecule has 1 nitrogen and oxygen atoms in total. The van der Waals surface area contributed by atoms with Crippen molar-refractivity contribution in [3.8, 4) is 0 Å². The molecule has 0 radical (unpaired) electrons. The van der Waals surface area contributed by atoms with E-state index in [1.54, 1.807) is 0 Å². The normalized spacial score (nSPS) is 16.0. The highest BCUT2D eigenvalue weighted by Crippen LogP contribution is 2.59. The SMILES string of the molecule is CC(=O)C1(c2c(F)c(F)c(F)c(F)c2F)C=C(c2c(F)c(F)c(F)c(F)c2F)C(c2c(F)c(F)c(F)c(F)c2F)=C1c1c(F)c(F)c(F)c(F)c1F. The molecule has 0 fully saturated rings. The van der Waals surface area contributed by atoms with E-state index < -0.39 is 173 Å². The Kier molecular flexibility index (Phi) is 9.03. The average Bonchev–Trinajstić information content (AvgIpc) is 3.43.